The van der Waals surface area contributed by atoms with E-state index in [9.17, 15) is 0 Å². The SMILES string of the molecule is CCOc1ccnc(N2CCCC2CCCBr)n1. The van der Waals surface area contributed by atoms with Crippen molar-refractivity contribution in [1.82, 2.24) is 9.97 Å². The summed E-state index contributed by atoms with van der Waals surface area (Å²) in [5, 5.41) is 1.07. The van der Waals surface area contributed by atoms with Crippen molar-refractivity contribution in [2.45, 2.75) is 38.6 Å². The van der Waals surface area contributed by atoms with E-state index in [0.717, 1.165) is 17.8 Å². The fourth-order valence-electron chi connectivity index (χ4n) is 2.41. The average molecular weight is 314 g/mol. The van der Waals surface area contributed by atoms with Crippen LogP contribution in [0.1, 0.15) is 32.6 Å². The number of anilines is 1. The second-order valence-corrected chi connectivity index (χ2v) is 5.24. The highest BCUT2D eigenvalue weighted by molar-refractivity contribution is 9.09. The van der Waals surface area contributed by atoms with Crippen LogP contribution in [0.3, 0.4) is 0 Å². The number of alkyl halides is 1. The van der Waals surface area contributed by atoms with Crippen LogP contribution >= 0.6 is 15.9 Å². The number of hydrogen-bond donors (Lipinski definition) is 0. The molecule has 18 heavy (non-hydrogen) atoms. The zero-order valence-corrected chi connectivity index (χ0v) is 12.4. The van der Waals surface area contributed by atoms with Gasteiger partial charge in [0.15, 0.2) is 0 Å². The molecule has 0 aliphatic carbocycles. The summed E-state index contributed by atoms with van der Waals surface area (Å²) in [7, 11) is 0. The van der Waals surface area contributed by atoms with Crippen molar-refractivity contribution in [3.05, 3.63) is 12.3 Å². The fraction of sp³-hybridized carbons (Fsp3) is 0.692. The van der Waals surface area contributed by atoms with E-state index in [1.807, 2.05) is 13.0 Å². The van der Waals surface area contributed by atoms with Gasteiger partial charge in [0.25, 0.3) is 0 Å². The van der Waals surface area contributed by atoms with Crippen LogP contribution in [0.15, 0.2) is 12.3 Å². The van der Waals surface area contributed by atoms with Crippen molar-refractivity contribution in [3.63, 3.8) is 0 Å². The molecule has 1 aromatic rings. The van der Waals surface area contributed by atoms with Crippen LogP contribution in [0.4, 0.5) is 5.95 Å². The van der Waals surface area contributed by atoms with E-state index in [4.69, 9.17) is 4.74 Å². The average Bonchev–Trinajstić information content (AvgIpc) is 2.85. The molecule has 1 aliphatic rings. The minimum atomic E-state index is 0.583. The lowest BCUT2D eigenvalue weighted by Crippen LogP contribution is -2.30. The summed E-state index contributed by atoms with van der Waals surface area (Å²) in [6.07, 6.45) is 6.66. The van der Waals surface area contributed by atoms with Crippen molar-refractivity contribution in [2.24, 2.45) is 0 Å². The highest BCUT2D eigenvalue weighted by Crippen LogP contribution is 2.26. The molecular formula is C13H20BrN3O. The standard InChI is InChI=1S/C13H20BrN3O/c1-2-18-12-7-9-15-13(16-12)17-10-4-6-11(17)5-3-8-14/h7,9,11H,2-6,8,10H2,1H3. The molecule has 4 nitrogen and oxygen atoms in total. The van der Waals surface area contributed by atoms with Crippen molar-refractivity contribution < 1.29 is 4.74 Å². The molecule has 0 radical (unpaired) electrons. The van der Waals surface area contributed by atoms with E-state index in [1.54, 1.807) is 6.20 Å². The Labute approximate surface area is 117 Å². The zero-order chi connectivity index (χ0) is 12.8. The number of hydrogen-bond acceptors (Lipinski definition) is 4. The second-order valence-electron chi connectivity index (χ2n) is 4.45. The first-order valence-corrected chi connectivity index (χ1v) is 7.75. The van der Waals surface area contributed by atoms with Crippen molar-refractivity contribution in [2.75, 3.05) is 23.4 Å². The lowest BCUT2D eigenvalue weighted by atomic mass is 10.1. The van der Waals surface area contributed by atoms with Gasteiger partial charge in [0.1, 0.15) is 0 Å². The summed E-state index contributed by atoms with van der Waals surface area (Å²) < 4.78 is 5.44. The molecule has 2 heterocycles. The maximum absolute atomic E-state index is 5.44. The molecule has 1 aliphatic heterocycles. The van der Waals surface area contributed by atoms with Gasteiger partial charge >= 0.3 is 0 Å². The molecule has 2 rings (SSSR count). The van der Waals surface area contributed by atoms with E-state index in [1.165, 1.54) is 25.7 Å². The van der Waals surface area contributed by atoms with Gasteiger partial charge in [-0.3, -0.25) is 0 Å². The lowest BCUT2D eigenvalue weighted by Gasteiger charge is -2.24. The maximum atomic E-state index is 5.44. The third kappa shape index (κ3) is 3.34. The summed E-state index contributed by atoms with van der Waals surface area (Å²) in [6, 6.07) is 2.40. The second kappa shape index (κ2) is 6.92. The molecule has 5 heteroatoms. The minimum Gasteiger partial charge on any atom is -0.478 e. The molecule has 1 aromatic heterocycles. The molecule has 0 N–H and O–H groups in total. The topological polar surface area (TPSA) is 38.2 Å². The summed E-state index contributed by atoms with van der Waals surface area (Å²) in [4.78, 5) is 11.2. The Morgan fingerprint density at radius 1 is 1.56 bits per heavy atom. The Kier molecular flexibility index (Phi) is 5.23. The van der Waals surface area contributed by atoms with Gasteiger partial charge in [-0.1, -0.05) is 15.9 Å². The van der Waals surface area contributed by atoms with Crippen molar-refractivity contribution in [1.29, 1.82) is 0 Å². The van der Waals surface area contributed by atoms with E-state index >= 15 is 0 Å². The molecule has 1 saturated heterocycles. The quantitative estimate of drug-likeness (QED) is 0.757. The minimum absolute atomic E-state index is 0.583. The smallest absolute Gasteiger partial charge is 0.228 e. The number of nitrogens with zero attached hydrogens (tertiary/aromatic N) is 3. The molecule has 100 valence electrons. The van der Waals surface area contributed by atoms with Crippen LogP contribution in [0.5, 0.6) is 5.88 Å². The molecule has 0 amide bonds. The summed E-state index contributed by atoms with van der Waals surface area (Å²) >= 11 is 3.50. The normalized spacial score (nSPS) is 19.2. The zero-order valence-electron chi connectivity index (χ0n) is 10.8. The summed E-state index contributed by atoms with van der Waals surface area (Å²) in [5.41, 5.74) is 0. The number of aromatic nitrogens is 2. The molecule has 0 bridgehead atoms. The highest BCUT2D eigenvalue weighted by Gasteiger charge is 2.26. The Morgan fingerprint density at radius 3 is 3.22 bits per heavy atom. The van der Waals surface area contributed by atoms with Gasteiger partial charge in [0.05, 0.1) is 6.61 Å². The van der Waals surface area contributed by atoms with Gasteiger partial charge in [0.2, 0.25) is 11.8 Å². The van der Waals surface area contributed by atoms with Gasteiger partial charge in [-0.15, -0.1) is 0 Å². The van der Waals surface area contributed by atoms with E-state index < -0.39 is 0 Å². The lowest BCUT2D eigenvalue weighted by molar-refractivity contribution is 0.326. The van der Waals surface area contributed by atoms with Crippen LogP contribution in [-0.4, -0.2) is 34.5 Å². The third-order valence-electron chi connectivity index (χ3n) is 3.21. The molecule has 1 unspecified atom stereocenters. The molecular weight excluding hydrogens is 294 g/mol. The van der Waals surface area contributed by atoms with Gasteiger partial charge in [-0.05, 0) is 32.6 Å². The third-order valence-corrected chi connectivity index (χ3v) is 3.78. The maximum Gasteiger partial charge on any atom is 0.228 e. The van der Waals surface area contributed by atoms with Gasteiger partial charge in [-0.2, -0.15) is 4.98 Å². The predicted molar refractivity (Wildman–Crippen MR) is 76.6 cm³/mol. The molecule has 0 saturated carbocycles. The highest BCUT2D eigenvalue weighted by atomic mass is 79.9. The summed E-state index contributed by atoms with van der Waals surface area (Å²) in [6.45, 7) is 3.67. The van der Waals surface area contributed by atoms with Crippen LogP contribution in [-0.2, 0) is 0 Å². The van der Waals surface area contributed by atoms with Gasteiger partial charge < -0.3 is 9.64 Å². The van der Waals surface area contributed by atoms with E-state index in [-0.39, 0.29) is 0 Å². The van der Waals surface area contributed by atoms with E-state index in [0.29, 0.717) is 18.5 Å². The number of rotatable bonds is 6. The van der Waals surface area contributed by atoms with Gasteiger partial charge in [0, 0.05) is 30.2 Å². The number of ether oxygens (including phenoxy) is 1. The summed E-state index contributed by atoms with van der Waals surface area (Å²) in [5.74, 6) is 1.49. The Hall–Kier alpha value is -0.840. The van der Waals surface area contributed by atoms with Crippen molar-refractivity contribution >= 4 is 21.9 Å². The largest absolute Gasteiger partial charge is 0.478 e. The Balaban J connectivity index is 2.06. The molecule has 1 fully saturated rings. The first-order valence-electron chi connectivity index (χ1n) is 6.63. The van der Waals surface area contributed by atoms with Crippen LogP contribution in [0, 0.1) is 0 Å². The Bertz CT molecular complexity index is 375. The predicted octanol–water partition coefficient (Wildman–Crippen LogP) is 3.02. The number of halogens is 1. The van der Waals surface area contributed by atoms with Crippen LogP contribution < -0.4 is 9.64 Å². The van der Waals surface area contributed by atoms with Crippen molar-refractivity contribution in [3.8, 4) is 5.88 Å². The van der Waals surface area contributed by atoms with E-state index in [2.05, 4.69) is 30.8 Å². The van der Waals surface area contributed by atoms with Crippen LogP contribution in [0.25, 0.3) is 0 Å². The first-order chi connectivity index (χ1) is 8.85. The molecule has 1 atom stereocenters. The molecule has 0 aromatic carbocycles. The monoisotopic (exact) mass is 313 g/mol. The Morgan fingerprint density at radius 2 is 2.44 bits per heavy atom. The van der Waals surface area contributed by atoms with Crippen LogP contribution in [0.2, 0.25) is 0 Å². The van der Waals surface area contributed by atoms with Gasteiger partial charge in [-0.25, -0.2) is 4.98 Å². The first kappa shape index (κ1) is 13.6. The molecule has 0 spiro atoms. The fourth-order valence-corrected chi connectivity index (χ4v) is 2.73.